The molecule has 0 atom stereocenters. The molecule has 0 amide bonds. The number of pyridine rings is 1. The second kappa shape index (κ2) is 5.10. The van der Waals surface area contributed by atoms with E-state index in [2.05, 4.69) is 9.72 Å². The first-order chi connectivity index (χ1) is 8.67. The van der Waals surface area contributed by atoms with Gasteiger partial charge in [0.2, 0.25) is 0 Å². The highest BCUT2D eigenvalue weighted by Gasteiger charge is 2.15. The van der Waals surface area contributed by atoms with Crippen molar-refractivity contribution in [1.29, 1.82) is 0 Å². The van der Waals surface area contributed by atoms with Crippen molar-refractivity contribution in [3.05, 3.63) is 41.3 Å². The van der Waals surface area contributed by atoms with Crippen molar-refractivity contribution in [1.82, 2.24) is 9.55 Å². The van der Waals surface area contributed by atoms with E-state index in [1.54, 1.807) is 29.0 Å². The standard InChI is InChI=1S/C12H11ClN2O3/c1-17-8-6-9(13)11(14-7-8)15-5-3-4-10(15)12(16)18-2/h3-7H,1-2H3. The number of hydrogen-bond donors (Lipinski definition) is 0. The fraction of sp³-hybridized carbons (Fsp3) is 0.167. The summed E-state index contributed by atoms with van der Waals surface area (Å²) in [4.78, 5) is 15.7. The molecule has 0 radical (unpaired) electrons. The monoisotopic (exact) mass is 266 g/mol. The number of carbonyl (C=O) groups excluding carboxylic acids is 1. The summed E-state index contributed by atoms with van der Waals surface area (Å²) in [6, 6.07) is 4.98. The van der Waals surface area contributed by atoms with Gasteiger partial charge in [0.25, 0.3) is 0 Å². The summed E-state index contributed by atoms with van der Waals surface area (Å²) >= 11 is 6.10. The van der Waals surface area contributed by atoms with Gasteiger partial charge in [-0.25, -0.2) is 9.78 Å². The topological polar surface area (TPSA) is 53.4 Å². The minimum atomic E-state index is -0.450. The summed E-state index contributed by atoms with van der Waals surface area (Å²) in [5, 5.41) is 0.385. The Morgan fingerprint density at radius 1 is 1.44 bits per heavy atom. The van der Waals surface area contributed by atoms with Crippen molar-refractivity contribution >= 4 is 17.6 Å². The first-order valence-corrected chi connectivity index (χ1v) is 5.50. The summed E-state index contributed by atoms with van der Waals surface area (Å²) in [5.74, 6) is 0.548. The fourth-order valence-electron chi connectivity index (χ4n) is 1.54. The molecule has 0 unspecified atom stereocenters. The number of methoxy groups -OCH3 is 2. The molecule has 0 saturated heterocycles. The molecule has 94 valence electrons. The van der Waals surface area contributed by atoms with Crippen LogP contribution in [0.1, 0.15) is 10.5 Å². The molecule has 0 bridgehead atoms. The minimum absolute atomic E-state index is 0.358. The van der Waals surface area contributed by atoms with Gasteiger partial charge in [-0.3, -0.25) is 4.57 Å². The molecule has 0 aromatic carbocycles. The number of esters is 1. The van der Waals surface area contributed by atoms with Crippen LogP contribution in [0, 0.1) is 0 Å². The molecule has 6 heteroatoms. The molecular weight excluding hydrogens is 256 g/mol. The van der Waals surface area contributed by atoms with Gasteiger partial charge in [0.15, 0.2) is 5.82 Å². The van der Waals surface area contributed by atoms with Gasteiger partial charge in [-0.1, -0.05) is 11.6 Å². The maximum Gasteiger partial charge on any atom is 0.355 e. The van der Waals surface area contributed by atoms with Crippen LogP contribution in [-0.4, -0.2) is 29.7 Å². The number of aromatic nitrogens is 2. The minimum Gasteiger partial charge on any atom is -0.495 e. The van der Waals surface area contributed by atoms with Crippen molar-refractivity contribution in [2.45, 2.75) is 0 Å². The molecular formula is C12H11ClN2O3. The first kappa shape index (κ1) is 12.4. The Balaban J connectivity index is 2.49. The van der Waals surface area contributed by atoms with Gasteiger partial charge in [-0.2, -0.15) is 0 Å². The second-order valence-electron chi connectivity index (χ2n) is 3.44. The van der Waals surface area contributed by atoms with E-state index >= 15 is 0 Å². The SMILES string of the molecule is COC(=O)c1cccn1-c1ncc(OC)cc1Cl. The average molecular weight is 267 g/mol. The Hall–Kier alpha value is -2.01. The maximum atomic E-state index is 11.6. The number of hydrogen-bond acceptors (Lipinski definition) is 4. The smallest absolute Gasteiger partial charge is 0.355 e. The lowest BCUT2D eigenvalue weighted by atomic mass is 10.4. The van der Waals surface area contributed by atoms with Crippen LogP contribution < -0.4 is 4.74 Å². The van der Waals surface area contributed by atoms with E-state index in [9.17, 15) is 4.79 Å². The Morgan fingerprint density at radius 2 is 2.22 bits per heavy atom. The van der Waals surface area contributed by atoms with Crippen LogP contribution in [0.15, 0.2) is 30.6 Å². The highest BCUT2D eigenvalue weighted by Crippen LogP contribution is 2.24. The largest absolute Gasteiger partial charge is 0.495 e. The van der Waals surface area contributed by atoms with Crippen LogP contribution >= 0.6 is 11.6 Å². The molecule has 0 fully saturated rings. The molecule has 2 aromatic rings. The van der Waals surface area contributed by atoms with Gasteiger partial charge in [0.05, 0.1) is 25.4 Å². The van der Waals surface area contributed by atoms with E-state index in [0.29, 0.717) is 22.3 Å². The number of ether oxygens (including phenoxy) is 2. The fourth-order valence-corrected chi connectivity index (χ4v) is 1.79. The van der Waals surface area contributed by atoms with Crippen molar-refractivity contribution in [3.63, 3.8) is 0 Å². The van der Waals surface area contributed by atoms with Gasteiger partial charge < -0.3 is 9.47 Å². The number of halogens is 1. The average Bonchev–Trinajstić information content (AvgIpc) is 2.86. The molecule has 0 N–H and O–H groups in total. The summed E-state index contributed by atoms with van der Waals surface area (Å²) in [6.07, 6.45) is 3.22. The summed E-state index contributed by atoms with van der Waals surface area (Å²) in [7, 11) is 2.85. The quantitative estimate of drug-likeness (QED) is 0.800. The molecule has 5 nitrogen and oxygen atoms in total. The van der Waals surface area contributed by atoms with E-state index in [4.69, 9.17) is 16.3 Å². The zero-order valence-electron chi connectivity index (χ0n) is 9.88. The van der Waals surface area contributed by atoms with Gasteiger partial charge in [-0.05, 0) is 12.1 Å². The van der Waals surface area contributed by atoms with Crippen molar-refractivity contribution in [2.24, 2.45) is 0 Å². The van der Waals surface area contributed by atoms with E-state index in [0.717, 1.165) is 0 Å². The van der Waals surface area contributed by atoms with Gasteiger partial charge >= 0.3 is 5.97 Å². The Morgan fingerprint density at radius 3 is 2.83 bits per heavy atom. The molecule has 2 rings (SSSR count). The first-order valence-electron chi connectivity index (χ1n) is 5.13. The van der Waals surface area contributed by atoms with Crippen molar-refractivity contribution < 1.29 is 14.3 Å². The lowest BCUT2D eigenvalue weighted by Crippen LogP contribution is -2.10. The van der Waals surface area contributed by atoms with Crippen LogP contribution in [0.25, 0.3) is 5.82 Å². The van der Waals surface area contributed by atoms with E-state index in [1.807, 2.05) is 0 Å². The Bertz CT molecular complexity index is 580. The highest BCUT2D eigenvalue weighted by atomic mass is 35.5. The third-order valence-corrected chi connectivity index (χ3v) is 2.68. The van der Waals surface area contributed by atoms with Crippen LogP contribution in [0.3, 0.4) is 0 Å². The molecule has 0 aliphatic rings. The van der Waals surface area contributed by atoms with Gasteiger partial charge in [0, 0.05) is 12.3 Å². The van der Waals surface area contributed by atoms with Crippen LogP contribution in [0.5, 0.6) is 5.75 Å². The molecule has 2 aromatic heterocycles. The number of carbonyl (C=O) groups is 1. The molecule has 0 spiro atoms. The van der Waals surface area contributed by atoms with Crippen LogP contribution in [0.4, 0.5) is 0 Å². The zero-order valence-corrected chi connectivity index (χ0v) is 10.6. The summed E-state index contributed by atoms with van der Waals surface area (Å²) < 4.78 is 11.3. The molecule has 18 heavy (non-hydrogen) atoms. The third kappa shape index (κ3) is 2.17. The van der Waals surface area contributed by atoms with Gasteiger partial charge in [0.1, 0.15) is 11.4 Å². The lowest BCUT2D eigenvalue weighted by Gasteiger charge is -2.09. The highest BCUT2D eigenvalue weighted by molar-refractivity contribution is 6.32. The van der Waals surface area contributed by atoms with E-state index in [1.165, 1.54) is 20.4 Å². The normalized spacial score (nSPS) is 10.2. The number of rotatable bonds is 3. The van der Waals surface area contributed by atoms with Crippen molar-refractivity contribution in [3.8, 4) is 11.6 Å². The predicted octanol–water partition coefficient (Wildman–Crippen LogP) is 2.32. The molecule has 2 heterocycles. The molecule has 0 aliphatic carbocycles. The lowest BCUT2D eigenvalue weighted by molar-refractivity contribution is 0.0591. The van der Waals surface area contributed by atoms with E-state index in [-0.39, 0.29) is 0 Å². The Labute approximate surface area is 109 Å². The maximum absolute atomic E-state index is 11.6. The molecule has 0 aliphatic heterocycles. The predicted molar refractivity (Wildman–Crippen MR) is 66.5 cm³/mol. The van der Waals surface area contributed by atoms with Crippen LogP contribution in [-0.2, 0) is 4.74 Å². The number of nitrogens with zero attached hydrogens (tertiary/aromatic N) is 2. The van der Waals surface area contributed by atoms with E-state index < -0.39 is 5.97 Å². The molecule has 0 saturated carbocycles. The zero-order chi connectivity index (χ0) is 13.1. The van der Waals surface area contributed by atoms with Crippen molar-refractivity contribution in [2.75, 3.05) is 14.2 Å². The second-order valence-corrected chi connectivity index (χ2v) is 3.84. The summed E-state index contributed by atoms with van der Waals surface area (Å²) in [5.41, 5.74) is 0.358. The Kier molecular flexibility index (Phi) is 3.53. The van der Waals surface area contributed by atoms with Crippen LogP contribution in [0.2, 0.25) is 5.02 Å². The summed E-state index contributed by atoms with van der Waals surface area (Å²) in [6.45, 7) is 0. The third-order valence-electron chi connectivity index (χ3n) is 2.40. The van der Waals surface area contributed by atoms with Gasteiger partial charge in [-0.15, -0.1) is 0 Å².